The van der Waals surface area contributed by atoms with Crippen molar-refractivity contribution in [1.82, 2.24) is 25.8 Å². The first-order chi connectivity index (χ1) is 24.3. The molecule has 1 aromatic carbocycles. The van der Waals surface area contributed by atoms with Gasteiger partial charge in [0.15, 0.2) is 0 Å². The van der Waals surface area contributed by atoms with Gasteiger partial charge in [-0.25, -0.2) is 0 Å². The molecule has 0 bridgehead atoms. The minimum absolute atomic E-state index is 0.0132. The molecule has 0 aromatic heterocycles. The molecule has 1 fully saturated rings. The van der Waals surface area contributed by atoms with Crippen molar-refractivity contribution in [2.24, 2.45) is 11.8 Å². The third-order valence-electron chi connectivity index (χ3n) is 9.02. The Morgan fingerprint density at radius 2 is 1.61 bits per heavy atom. The van der Waals surface area contributed by atoms with Crippen LogP contribution < -0.4 is 16.0 Å². The second kappa shape index (κ2) is 27.5. The van der Waals surface area contributed by atoms with Crippen LogP contribution in [0.1, 0.15) is 79.2 Å². The van der Waals surface area contributed by atoms with Crippen LogP contribution in [0.15, 0.2) is 30.3 Å². The Bertz CT molecular complexity index is 1110. The summed E-state index contributed by atoms with van der Waals surface area (Å²) in [6.07, 6.45) is 2.34. The minimum atomic E-state index is -0.805. The van der Waals surface area contributed by atoms with Gasteiger partial charge in [0.1, 0.15) is 6.04 Å². The lowest BCUT2D eigenvalue weighted by atomic mass is 9.90. The van der Waals surface area contributed by atoms with Crippen molar-refractivity contribution in [3.05, 3.63) is 35.9 Å². The van der Waals surface area contributed by atoms with Crippen LogP contribution in [0.5, 0.6) is 0 Å². The molecule has 0 radical (unpaired) electrons. The van der Waals surface area contributed by atoms with Crippen LogP contribution in [0.2, 0.25) is 0 Å². The number of hydrogen-bond acceptors (Lipinski definition) is 9. The molecule has 2 rings (SSSR count). The number of methoxy groups -OCH3 is 2. The van der Waals surface area contributed by atoms with Crippen LogP contribution in [-0.2, 0) is 28.7 Å². The summed E-state index contributed by atoms with van der Waals surface area (Å²) in [7, 11) is 4.68. The number of nitrogens with zero attached hydrogens (tertiary/aromatic N) is 2. The predicted octanol–water partition coefficient (Wildman–Crippen LogP) is 2.51. The Balaban J connectivity index is 0.00000215. The molecule has 4 amide bonds. The predicted molar refractivity (Wildman–Crippen MR) is 201 cm³/mol. The van der Waals surface area contributed by atoms with Gasteiger partial charge in [0.25, 0.3) is 0 Å². The van der Waals surface area contributed by atoms with Gasteiger partial charge in [-0.05, 0) is 32.2 Å². The van der Waals surface area contributed by atoms with E-state index in [2.05, 4.69) is 48.9 Å². The van der Waals surface area contributed by atoms with Crippen molar-refractivity contribution in [3.63, 3.8) is 0 Å². The van der Waals surface area contributed by atoms with Crippen molar-refractivity contribution in [1.29, 1.82) is 0 Å². The minimum Gasteiger partial charge on any atom is -0.395 e. The van der Waals surface area contributed by atoms with Gasteiger partial charge in [-0.1, -0.05) is 90.3 Å². The topological polar surface area (TPSA) is 170 Å². The van der Waals surface area contributed by atoms with E-state index in [1.807, 2.05) is 39.0 Å². The molecule has 294 valence electrons. The Labute approximate surface area is 307 Å². The zero-order valence-electron chi connectivity index (χ0n) is 32.9. The largest absolute Gasteiger partial charge is 0.395 e. The first kappa shape index (κ1) is 47.9. The van der Waals surface area contributed by atoms with Gasteiger partial charge in [0.05, 0.1) is 56.4 Å². The number of ether oxygens (including phenoxy) is 2. The molecule has 7 unspecified atom stereocenters. The summed E-state index contributed by atoms with van der Waals surface area (Å²) in [5.74, 6) is -1.76. The van der Waals surface area contributed by atoms with E-state index in [9.17, 15) is 24.3 Å². The van der Waals surface area contributed by atoms with Gasteiger partial charge in [-0.15, -0.1) is 0 Å². The van der Waals surface area contributed by atoms with Gasteiger partial charge in [0.2, 0.25) is 23.6 Å². The molecule has 1 saturated heterocycles. The molecule has 1 aromatic rings. The lowest BCUT2D eigenvalue weighted by molar-refractivity contribution is -0.145. The maximum Gasteiger partial charge on any atom is 0.242 e. The lowest BCUT2D eigenvalue weighted by Crippen LogP contribution is -2.55. The zero-order valence-corrected chi connectivity index (χ0v) is 32.9. The van der Waals surface area contributed by atoms with Gasteiger partial charge in [0, 0.05) is 34.4 Å². The Morgan fingerprint density at radius 1 is 0.980 bits per heavy atom. The fraction of sp³-hybridized carbons (Fsp3) is 0.737. The van der Waals surface area contributed by atoms with Crippen molar-refractivity contribution >= 4 is 23.6 Å². The third kappa shape index (κ3) is 16.9. The highest BCUT2D eigenvalue weighted by molar-refractivity contribution is 5.87. The normalized spacial score (nSPS) is 17.3. The number of likely N-dealkylation sites (N-methyl/N-ethyl adjacent to an activating group) is 2. The van der Waals surface area contributed by atoms with Crippen LogP contribution in [-0.4, -0.2) is 135 Å². The molecule has 1 aliphatic heterocycles. The van der Waals surface area contributed by atoms with Crippen LogP contribution >= 0.6 is 0 Å². The van der Waals surface area contributed by atoms with Crippen molar-refractivity contribution < 1.29 is 38.9 Å². The average molecular weight is 724 g/mol. The van der Waals surface area contributed by atoms with E-state index >= 15 is 0 Å². The molecule has 1 heterocycles. The maximum atomic E-state index is 13.7. The second-order valence-corrected chi connectivity index (χ2v) is 13.0. The van der Waals surface area contributed by atoms with Crippen LogP contribution in [0, 0.1) is 18.8 Å². The Hall–Kier alpha value is -3.10. The summed E-state index contributed by atoms with van der Waals surface area (Å²) < 4.78 is 11.5. The van der Waals surface area contributed by atoms with E-state index in [4.69, 9.17) is 14.6 Å². The number of nitrogens with one attached hydrogen (secondary N) is 3. The number of aliphatic hydroxyl groups excluding tert-OH is 2. The fourth-order valence-corrected chi connectivity index (χ4v) is 6.10. The number of carbonyl (C=O) groups is 4. The summed E-state index contributed by atoms with van der Waals surface area (Å²) in [4.78, 5) is 55.0. The number of hydrogen-bond donors (Lipinski definition) is 5. The number of likely N-dealkylation sites (tertiary alicyclic amines) is 1. The second-order valence-electron chi connectivity index (χ2n) is 13.0. The first-order valence-electron chi connectivity index (χ1n) is 18.5. The highest BCUT2D eigenvalue weighted by atomic mass is 16.5. The molecule has 7 atom stereocenters. The van der Waals surface area contributed by atoms with Crippen molar-refractivity contribution in [2.45, 2.75) is 111 Å². The Morgan fingerprint density at radius 3 is 2.08 bits per heavy atom. The van der Waals surface area contributed by atoms with E-state index < -0.39 is 36.1 Å². The third-order valence-corrected chi connectivity index (χ3v) is 9.02. The number of carbonyl (C=O) groups excluding carboxylic acids is 4. The van der Waals surface area contributed by atoms with E-state index in [1.54, 1.807) is 18.9 Å². The SMILES string of the molecule is CCC.CCNC(CO)C(=O)NCC(=O)N(C)C(C(C)CC)C(CC(=O)N1CCCC1C(OC)C(C)C(=O)NCCO)OC.Cc1ccccc1. The molecule has 13 nitrogen and oxygen atoms in total. The van der Waals surface area contributed by atoms with E-state index in [1.165, 1.54) is 31.1 Å². The summed E-state index contributed by atoms with van der Waals surface area (Å²) in [6, 6.07) is 8.72. The van der Waals surface area contributed by atoms with Crippen LogP contribution in [0.4, 0.5) is 0 Å². The zero-order chi connectivity index (χ0) is 38.9. The van der Waals surface area contributed by atoms with E-state index in [0.717, 1.165) is 12.8 Å². The molecule has 1 aliphatic rings. The number of amides is 4. The number of aryl methyl sites for hydroxylation is 1. The van der Waals surface area contributed by atoms with Gasteiger partial charge in [-0.2, -0.15) is 0 Å². The van der Waals surface area contributed by atoms with Gasteiger partial charge < -0.3 is 45.4 Å². The summed E-state index contributed by atoms with van der Waals surface area (Å²) in [6.45, 7) is 14.2. The number of benzene rings is 1. The monoisotopic (exact) mass is 724 g/mol. The molecular formula is C38H69N5O8. The Kier molecular flexibility index (Phi) is 25.9. The van der Waals surface area contributed by atoms with Crippen LogP contribution in [0.25, 0.3) is 0 Å². The molecule has 0 aliphatic carbocycles. The van der Waals surface area contributed by atoms with Crippen molar-refractivity contribution in [2.75, 3.05) is 60.7 Å². The number of aliphatic hydroxyl groups is 2. The molecular weight excluding hydrogens is 654 g/mol. The molecule has 51 heavy (non-hydrogen) atoms. The van der Waals surface area contributed by atoms with E-state index in [0.29, 0.717) is 19.5 Å². The average Bonchev–Trinajstić information content (AvgIpc) is 3.62. The summed E-state index contributed by atoms with van der Waals surface area (Å²) in [5, 5.41) is 26.6. The fourth-order valence-electron chi connectivity index (χ4n) is 6.10. The summed E-state index contributed by atoms with van der Waals surface area (Å²) in [5.41, 5.74) is 1.32. The van der Waals surface area contributed by atoms with Gasteiger partial charge >= 0.3 is 0 Å². The standard InChI is InChI=1S/C28H53N5O8.C7H8.C3H8/c1-8-18(3)25(32(5)24(37)16-31-28(39)20(17-35)29-9-2)22(40-6)15-23(36)33-13-10-11-21(33)26(41-7)19(4)27(38)30-12-14-34;1-7-5-3-2-4-6-7;1-3-2/h18-22,25-26,29,34-35H,8-17H2,1-7H3,(H,30,38)(H,31,39);2-6H,1H3;3H2,1-2H3. The lowest BCUT2D eigenvalue weighted by Gasteiger charge is -2.39. The summed E-state index contributed by atoms with van der Waals surface area (Å²) >= 11 is 0. The maximum absolute atomic E-state index is 13.7. The molecule has 0 spiro atoms. The van der Waals surface area contributed by atoms with Crippen molar-refractivity contribution in [3.8, 4) is 0 Å². The first-order valence-corrected chi connectivity index (χ1v) is 18.5. The molecule has 0 saturated carbocycles. The number of rotatable bonds is 19. The molecule has 13 heteroatoms. The smallest absolute Gasteiger partial charge is 0.242 e. The van der Waals surface area contributed by atoms with Gasteiger partial charge in [-0.3, -0.25) is 19.2 Å². The highest BCUT2D eigenvalue weighted by Gasteiger charge is 2.41. The van der Waals surface area contributed by atoms with Crippen LogP contribution in [0.3, 0.4) is 0 Å². The van der Waals surface area contributed by atoms with E-state index in [-0.39, 0.29) is 62.4 Å². The quantitative estimate of drug-likeness (QED) is 0.144. The highest BCUT2D eigenvalue weighted by Crippen LogP contribution is 2.29. The molecule has 5 N–H and O–H groups in total.